The van der Waals surface area contributed by atoms with Crippen molar-refractivity contribution in [1.82, 2.24) is 20.5 Å². The van der Waals surface area contributed by atoms with E-state index in [1.807, 2.05) is 20.8 Å². The largest absolute Gasteiger partial charge is 0.357 e. The molecule has 0 aromatic heterocycles. The first kappa shape index (κ1) is 20.6. The molecule has 0 radical (unpaired) electrons. The van der Waals surface area contributed by atoms with Crippen molar-refractivity contribution in [2.45, 2.75) is 50.5 Å². The number of carbonyl (C=O) groups excluding carboxylic acids is 1. The Bertz CT molecular complexity index is 766. The molecule has 0 saturated carbocycles. The van der Waals surface area contributed by atoms with Gasteiger partial charge in [-0.2, -0.15) is 4.31 Å². The van der Waals surface area contributed by atoms with Crippen LogP contribution in [0.3, 0.4) is 0 Å². The van der Waals surface area contributed by atoms with E-state index in [4.69, 9.17) is 12.2 Å². The third-order valence-corrected chi connectivity index (χ3v) is 5.93. The minimum atomic E-state index is -3.58. The summed E-state index contributed by atoms with van der Waals surface area (Å²) >= 11 is 5.10. The molecule has 9 heteroatoms. The molecule has 1 heterocycles. The van der Waals surface area contributed by atoms with Crippen molar-refractivity contribution in [2.75, 3.05) is 13.1 Å². The zero-order valence-electron chi connectivity index (χ0n) is 15.3. The summed E-state index contributed by atoms with van der Waals surface area (Å²) in [5.41, 5.74) is 5.10. The summed E-state index contributed by atoms with van der Waals surface area (Å²) in [5, 5.41) is 3.29. The van der Waals surface area contributed by atoms with Crippen LogP contribution in [0.25, 0.3) is 0 Å². The third kappa shape index (κ3) is 5.65. The van der Waals surface area contributed by atoms with Crippen LogP contribution in [0.2, 0.25) is 0 Å². The van der Waals surface area contributed by atoms with E-state index in [9.17, 15) is 13.2 Å². The van der Waals surface area contributed by atoms with Crippen LogP contribution in [0.4, 0.5) is 0 Å². The lowest BCUT2D eigenvalue weighted by atomic mass is 10.1. The summed E-state index contributed by atoms with van der Waals surface area (Å²) in [7, 11) is -3.58. The molecule has 0 aliphatic carbocycles. The van der Waals surface area contributed by atoms with Gasteiger partial charge in [-0.1, -0.05) is 12.5 Å². The lowest BCUT2D eigenvalue weighted by molar-refractivity contribution is 0.0943. The summed E-state index contributed by atoms with van der Waals surface area (Å²) in [6.07, 6.45) is 2.77. The Morgan fingerprint density at radius 1 is 1.12 bits per heavy atom. The van der Waals surface area contributed by atoms with Crippen molar-refractivity contribution < 1.29 is 13.2 Å². The fraction of sp³-hybridized carbons (Fsp3) is 0.529. The van der Waals surface area contributed by atoms with Crippen molar-refractivity contribution >= 4 is 33.3 Å². The Morgan fingerprint density at radius 3 is 2.38 bits per heavy atom. The van der Waals surface area contributed by atoms with Gasteiger partial charge in [-0.05, 0) is 64.0 Å². The fourth-order valence-corrected chi connectivity index (χ4v) is 4.53. The topological polar surface area (TPSA) is 90.5 Å². The second-order valence-corrected chi connectivity index (χ2v) is 9.62. The molecule has 1 amide bonds. The molecule has 3 N–H and O–H groups in total. The number of nitrogens with one attached hydrogen (secondary N) is 3. The van der Waals surface area contributed by atoms with Crippen LogP contribution in [0.5, 0.6) is 0 Å². The third-order valence-electron chi connectivity index (χ3n) is 3.83. The molecule has 1 aliphatic rings. The van der Waals surface area contributed by atoms with Crippen molar-refractivity contribution in [1.29, 1.82) is 0 Å². The van der Waals surface area contributed by atoms with Crippen LogP contribution in [0.15, 0.2) is 29.2 Å². The van der Waals surface area contributed by atoms with E-state index < -0.39 is 15.9 Å². The number of hydrogen-bond acceptors (Lipinski definition) is 4. The number of rotatable bonds is 3. The summed E-state index contributed by atoms with van der Waals surface area (Å²) in [5.74, 6) is -0.459. The van der Waals surface area contributed by atoms with Crippen LogP contribution in [0, 0.1) is 0 Å². The van der Waals surface area contributed by atoms with Gasteiger partial charge in [-0.25, -0.2) is 8.42 Å². The maximum absolute atomic E-state index is 12.7. The molecule has 1 aromatic carbocycles. The van der Waals surface area contributed by atoms with Crippen LogP contribution in [-0.2, 0) is 10.0 Å². The van der Waals surface area contributed by atoms with Gasteiger partial charge in [0.1, 0.15) is 0 Å². The number of thiocarbonyl (C=S) groups is 1. The molecule has 1 saturated heterocycles. The summed E-state index contributed by atoms with van der Waals surface area (Å²) in [6.45, 7) is 6.87. The first-order valence-electron chi connectivity index (χ1n) is 8.58. The molecular formula is C17H26N4O3S2. The standard InChI is InChI=1S/C17H26N4O3S2/c1-17(2,3)18-16(25)20-19-15(22)13-8-7-9-14(12-13)26(23,24)21-10-5-4-6-11-21/h7-9,12H,4-6,10-11H2,1-3H3,(H,19,22)(H2,18,20,25). The highest BCUT2D eigenvalue weighted by atomic mass is 32.2. The van der Waals surface area contributed by atoms with Gasteiger partial charge in [0, 0.05) is 24.2 Å². The molecule has 1 aromatic rings. The Kier molecular flexibility index (Phi) is 6.59. The smallest absolute Gasteiger partial charge is 0.269 e. The first-order chi connectivity index (χ1) is 12.1. The number of benzene rings is 1. The number of piperidine rings is 1. The molecule has 2 rings (SSSR count). The number of hydrogen-bond donors (Lipinski definition) is 3. The Labute approximate surface area is 160 Å². The van der Waals surface area contributed by atoms with Crippen LogP contribution >= 0.6 is 12.2 Å². The molecule has 26 heavy (non-hydrogen) atoms. The Balaban J connectivity index is 2.06. The number of amides is 1. The zero-order valence-corrected chi connectivity index (χ0v) is 17.0. The van der Waals surface area contributed by atoms with E-state index in [0.29, 0.717) is 13.1 Å². The quantitative estimate of drug-likeness (QED) is 0.531. The number of sulfonamides is 1. The summed E-state index contributed by atoms with van der Waals surface area (Å²) in [6, 6.07) is 6.03. The van der Waals surface area contributed by atoms with Gasteiger partial charge in [0.2, 0.25) is 10.0 Å². The number of hydrazine groups is 1. The second kappa shape index (κ2) is 8.32. The van der Waals surface area contributed by atoms with E-state index in [2.05, 4.69) is 16.2 Å². The average Bonchev–Trinajstić information content (AvgIpc) is 2.59. The van der Waals surface area contributed by atoms with Crippen LogP contribution in [0.1, 0.15) is 50.4 Å². The molecule has 0 unspecified atom stereocenters. The van der Waals surface area contributed by atoms with E-state index in [-0.39, 0.29) is 21.1 Å². The van der Waals surface area contributed by atoms with Gasteiger partial charge in [0.25, 0.3) is 5.91 Å². The van der Waals surface area contributed by atoms with Gasteiger partial charge < -0.3 is 5.32 Å². The van der Waals surface area contributed by atoms with Crippen LogP contribution in [-0.4, -0.2) is 42.4 Å². The molecule has 7 nitrogen and oxygen atoms in total. The molecule has 144 valence electrons. The van der Waals surface area contributed by atoms with Crippen molar-refractivity contribution in [3.05, 3.63) is 29.8 Å². The van der Waals surface area contributed by atoms with Gasteiger partial charge in [-0.15, -0.1) is 0 Å². The highest BCUT2D eigenvalue weighted by Gasteiger charge is 2.26. The van der Waals surface area contributed by atoms with E-state index >= 15 is 0 Å². The predicted molar refractivity (Wildman–Crippen MR) is 105 cm³/mol. The fourth-order valence-electron chi connectivity index (χ4n) is 2.61. The lowest BCUT2D eigenvalue weighted by Crippen LogP contribution is -2.52. The molecule has 0 atom stereocenters. The number of nitrogens with zero attached hydrogens (tertiary/aromatic N) is 1. The maximum Gasteiger partial charge on any atom is 0.269 e. The normalized spacial score (nSPS) is 16.0. The molecule has 0 spiro atoms. The van der Waals surface area contributed by atoms with E-state index in [1.165, 1.54) is 16.4 Å². The summed E-state index contributed by atoms with van der Waals surface area (Å²) < 4.78 is 26.9. The molecule has 1 fully saturated rings. The number of carbonyl (C=O) groups is 1. The average molecular weight is 399 g/mol. The van der Waals surface area contributed by atoms with Gasteiger partial charge in [0.05, 0.1) is 4.90 Å². The summed E-state index contributed by atoms with van der Waals surface area (Å²) in [4.78, 5) is 12.4. The van der Waals surface area contributed by atoms with Crippen molar-refractivity contribution in [3.63, 3.8) is 0 Å². The van der Waals surface area contributed by atoms with Gasteiger partial charge in [-0.3, -0.25) is 15.6 Å². The second-order valence-electron chi connectivity index (χ2n) is 7.28. The Hall–Kier alpha value is -1.71. The maximum atomic E-state index is 12.7. The minimum absolute atomic E-state index is 0.127. The van der Waals surface area contributed by atoms with Gasteiger partial charge >= 0.3 is 0 Å². The van der Waals surface area contributed by atoms with E-state index in [0.717, 1.165) is 19.3 Å². The predicted octanol–water partition coefficient (Wildman–Crippen LogP) is 1.77. The Morgan fingerprint density at radius 2 is 1.77 bits per heavy atom. The van der Waals surface area contributed by atoms with Crippen molar-refractivity contribution in [2.24, 2.45) is 0 Å². The highest BCUT2D eigenvalue weighted by Crippen LogP contribution is 2.21. The highest BCUT2D eigenvalue weighted by molar-refractivity contribution is 7.89. The SMILES string of the molecule is CC(C)(C)NC(=S)NNC(=O)c1cccc(S(=O)(=O)N2CCCCC2)c1. The monoisotopic (exact) mass is 398 g/mol. The van der Waals surface area contributed by atoms with Crippen LogP contribution < -0.4 is 16.2 Å². The molecule has 0 bridgehead atoms. The zero-order chi connectivity index (χ0) is 19.4. The molecule has 1 aliphatic heterocycles. The van der Waals surface area contributed by atoms with E-state index in [1.54, 1.807) is 12.1 Å². The minimum Gasteiger partial charge on any atom is -0.357 e. The van der Waals surface area contributed by atoms with Gasteiger partial charge in [0.15, 0.2) is 5.11 Å². The molecular weight excluding hydrogens is 372 g/mol. The van der Waals surface area contributed by atoms with Crippen molar-refractivity contribution in [3.8, 4) is 0 Å². The first-order valence-corrected chi connectivity index (χ1v) is 10.4. The lowest BCUT2D eigenvalue weighted by Gasteiger charge is -2.26.